The second-order valence-corrected chi connectivity index (χ2v) is 6.18. The topological polar surface area (TPSA) is 61.9 Å². The molecule has 6 nitrogen and oxygen atoms in total. The first-order valence-corrected chi connectivity index (χ1v) is 8.45. The van der Waals surface area contributed by atoms with Crippen molar-refractivity contribution in [2.45, 2.75) is 6.42 Å². The number of amides is 3. The monoisotopic (exact) mass is 355 g/mol. The van der Waals surface area contributed by atoms with E-state index in [4.69, 9.17) is 4.74 Å². The SMILES string of the molecule is CN(C)C(=O)Cc1ccc(NC(=O)N(C)CCOc2ccccc2)cc1. The Kier molecular flexibility index (Phi) is 7.02. The first-order valence-electron chi connectivity index (χ1n) is 8.45. The second kappa shape index (κ2) is 9.46. The molecule has 0 unspecified atom stereocenters. The van der Waals surface area contributed by atoms with Gasteiger partial charge in [-0.25, -0.2) is 4.79 Å². The van der Waals surface area contributed by atoms with E-state index in [2.05, 4.69) is 5.32 Å². The molecule has 0 aromatic heterocycles. The molecular formula is C20H25N3O3. The largest absolute Gasteiger partial charge is 0.492 e. The molecule has 0 bridgehead atoms. The third-order valence-electron chi connectivity index (χ3n) is 3.84. The Labute approximate surface area is 154 Å². The lowest BCUT2D eigenvalue weighted by molar-refractivity contribution is -0.127. The summed E-state index contributed by atoms with van der Waals surface area (Å²) in [5, 5.41) is 2.83. The average molecular weight is 355 g/mol. The number of benzene rings is 2. The molecule has 2 aromatic rings. The van der Waals surface area contributed by atoms with Crippen LogP contribution in [-0.2, 0) is 11.2 Å². The van der Waals surface area contributed by atoms with Crippen molar-refractivity contribution in [2.75, 3.05) is 39.6 Å². The zero-order valence-corrected chi connectivity index (χ0v) is 15.4. The van der Waals surface area contributed by atoms with E-state index < -0.39 is 0 Å². The molecule has 2 aromatic carbocycles. The summed E-state index contributed by atoms with van der Waals surface area (Å²) in [4.78, 5) is 27.0. The summed E-state index contributed by atoms with van der Waals surface area (Å²) in [6, 6.07) is 16.6. The van der Waals surface area contributed by atoms with Gasteiger partial charge in [-0.3, -0.25) is 4.79 Å². The molecule has 1 N–H and O–H groups in total. The highest BCUT2D eigenvalue weighted by molar-refractivity contribution is 5.89. The van der Waals surface area contributed by atoms with Crippen molar-refractivity contribution < 1.29 is 14.3 Å². The van der Waals surface area contributed by atoms with Gasteiger partial charge in [0, 0.05) is 26.8 Å². The van der Waals surface area contributed by atoms with Gasteiger partial charge in [-0.1, -0.05) is 30.3 Å². The molecule has 0 saturated heterocycles. The fraction of sp³-hybridized carbons (Fsp3) is 0.300. The number of nitrogens with one attached hydrogen (secondary N) is 1. The van der Waals surface area contributed by atoms with Crippen LogP contribution in [0, 0.1) is 0 Å². The van der Waals surface area contributed by atoms with Crippen molar-refractivity contribution in [1.82, 2.24) is 9.80 Å². The van der Waals surface area contributed by atoms with Gasteiger partial charge in [0.05, 0.1) is 13.0 Å². The van der Waals surface area contributed by atoms with Crippen molar-refractivity contribution >= 4 is 17.6 Å². The third-order valence-corrected chi connectivity index (χ3v) is 3.84. The molecule has 0 aliphatic heterocycles. The molecule has 0 saturated carbocycles. The Bertz CT molecular complexity index is 715. The molecule has 26 heavy (non-hydrogen) atoms. The van der Waals surface area contributed by atoms with Crippen molar-refractivity contribution in [3.63, 3.8) is 0 Å². The molecule has 0 aliphatic carbocycles. The van der Waals surface area contributed by atoms with Crippen molar-refractivity contribution in [2.24, 2.45) is 0 Å². The maximum atomic E-state index is 12.2. The van der Waals surface area contributed by atoms with Gasteiger partial charge in [0.15, 0.2) is 0 Å². The van der Waals surface area contributed by atoms with E-state index >= 15 is 0 Å². The van der Waals surface area contributed by atoms with Gasteiger partial charge in [0.2, 0.25) is 5.91 Å². The molecule has 0 radical (unpaired) electrons. The number of hydrogen-bond acceptors (Lipinski definition) is 3. The number of nitrogens with zero attached hydrogens (tertiary/aromatic N) is 2. The van der Waals surface area contributed by atoms with E-state index in [9.17, 15) is 9.59 Å². The Morgan fingerprint density at radius 1 is 0.962 bits per heavy atom. The summed E-state index contributed by atoms with van der Waals surface area (Å²) in [6.45, 7) is 0.885. The van der Waals surface area contributed by atoms with Gasteiger partial charge >= 0.3 is 6.03 Å². The molecule has 6 heteroatoms. The smallest absolute Gasteiger partial charge is 0.321 e. The molecule has 0 aliphatic rings. The minimum Gasteiger partial charge on any atom is -0.492 e. The van der Waals surface area contributed by atoms with Crippen LogP contribution >= 0.6 is 0 Å². The van der Waals surface area contributed by atoms with Crippen molar-refractivity contribution in [1.29, 1.82) is 0 Å². The fourth-order valence-electron chi connectivity index (χ4n) is 2.18. The van der Waals surface area contributed by atoms with Crippen LogP contribution in [0.1, 0.15) is 5.56 Å². The number of para-hydroxylation sites is 1. The standard InChI is InChI=1S/C20H25N3O3/c1-22(2)19(24)15-16-9-11-17(12-10-16)21-20(25)23(3)13-14-26-18-7-5-4-6-8-18/h4-12H,13-15H2,1-3H3,(H,21,25). The number of ether oxygens (including phenoxy) is 1. The van der Waals surface area contributed by atoms with Crippen LogP contribution in [0.25, 0.3) is 0 Å². The Balaban J connectivity index is 1.78. The number of anilines is 1. The van der Waals surface area contributed by atoms with E-state index in [1.165, 1.54) is 0 Å². The molecular weight excluding hydrogens is 330 g/mol. The molecule has 2 rings (SSSR count). The minimum absolute atomic E-state index is 0.0416. The summed E-state index contributed by atoms with van der Waals surface area (Å²) in [6.07, 6.45) is 0.345. The van der Waals surface area contributed by atoms with Crippen LogP contribution in [-0.4, -0.2) is 56.0 Å². The van der Waals surface area contributed by atoms with Crippen molar-refractivity contribution in [3.05, 3.63) is 60.2 Å². The molecule has 0 heterocycles. The van der Waals surface area contributed by atoms with Gasteiger partial charge < -0.3 is 19.9 Å². The van der Waals surface area contributed by atoms with E-state index in [0.29, 0.717) is 25.3 Å². The predicted molar refractivity (Wildman–Crippen MR) is 102 cm³/mol. The van der Waals surface area contributed by atoms with E-state index in [0.717, 1.165) is 11.3 Å². The average Bonchev–Trinajstić information content (AvgIpc) is 2.64. The maximum absolute atomic E-state index is 12.2. The zero-order valence-electron chi connectivity index (χ0n) is 15.4. The first kappa shape index (κ1) is 19.3. The Hall–Kier alpha value is -3.02. The summed E-state index contributed by atoms with van der Waals surface area (Å²) in [5.41, 5.74) is 1.60. The fourth-order valence-corrected chi connectivity index (χ4v) is 2.18. The number of likely N-dealkylation sites (N-methyl/N-ethyl adjacent to an activating group) is 2. The zero-order chi connectivity index (χ0) is 18.9. The number of carbonyl (C=O) groups is 2. The van der Waals surface area contributed by atoms with Gasteiger partial charge in [0.1, 0.15) is 12.4 Å². The lowest BCUT2D eigenvalue weighted by Gasteiger charge is -2.18. The van der Waals surface area contributed by atoms with E-state index in [-0.39, 0.29) is 11.9 Å². The molecule has 3 amide bonds. The quantitative estimate of drug-likeness (QED) is 0.831. The second-order valence-electron chi connectivity index (χ2n) is 6.18. The third kappa shape index (κ3) is 6.12. The first-order chi connectivity index (χ1) is 12.5. The summed E-state index contributed by atoms with van der Waals surface area (Å²) in [7, 11) is 5.18. The van der Waals surface area contributed by atoms with Gasteiger partial charge in [-0.15, -0.1) is 0 Å². The highest BCUT2D eigenvalue weighted by Crippen LogP contribution is 2.12. The van der Waals surface area contributed by atoms with Crippen LogP contribution in [0.15, 0.2) is 54.6 Å². The van der Waals surface area contributed by atoms with Gasteiger partial charge in [-0.2, -0.15) is 0 Å². The van der Waals surface area contributed by atoms with Crippen LogP contribution in [0.2, 0.25) is 0 Å². The van der Waals surface area contributed by atoms with Gasteiger partial charge in [0.25, 0.3) is 0 Å². The van der Waals surface area contributed by atoms with Crippen LogP contribution in [0.3, 0.4) is 0 Å². The summed E-state index contributed by atoms with van der Waals surface area (Å²) < 4.78 is 5.59. The lowest BCUT2D eigenvalue weighted by atomic mass is 10.1. The highest BCUT2D eigenvalue weighted by Gasteiger charge is 2.10. The van der Waals surface area contributed by atoms with Crippen molar-refractivity contribution in [3.8, 4) is 5.75 Å². The molecule has 138 valence electrons. The predicted octanol–water partition coefficient (Wildman–Crippen LogP) is 2.86. The van der Waals surface area contributed by atoms with Crippen LogP contribution in [0.4, 0.5) is 10.5 Å². The Morgan fingerprint density at radius 2 is 1.62 bits per heavy atom. The number of hydrogen-bond donors (Lipinski definition) is 1. The maximum Gasteiger partial charge on any atom is 0.321 e. The summed E-state index contributed by atoms with van der Waals surface area (Å²) in [5.74, 6) is 0.823. The van der Waals surface area contributed by atoms with Gasteiger partial charge in [-0.05, 0) is 29.8 Å². The van der Waals surface area contributed by atoms with E-state index in [1.54, 1.807) is 43.1 Å². The lowest BCUT2D eigenvalue weighted by Crippen LogP contribution is -2.34. The molecule has 0 spiro atoms. The normalized spacial score (nSPS) is 10.1. The Morgan fingerprint density at radius 3 is 2.23 bits per heavy atom. The minimum atomic E-state index is -0.209. The number of carbonyl (C=O) groups excluding carboxylic acids is 2. The van der Waals surface area contributed by atoms with Crippen LogP contribution in [0.5, 0.6) is 5.75 Å². The number of rotatable bonds is 7. The highest BCUT2D eigenvalue weighted by atomic mass is 16.5. The molecule has 0 atom stereocenters. The van der Waals surface area contributed by atoms with E-state index in [1.807, 2.05) is 42.5 Å². The van der Waals surface area contributed by atoms with Crippen LogP contribution < -0.4 is 10.1 Å². The summed E-state index contributed by atoms with van der Waals surface area (Å²) >= 11 is 0. The number of urea groups is 1. The molecule has 0 fully saturated rings.